The van der Waals surface area contributed by atoms with Crippen LogP contribution in [-0.4, -0.2) is 42.9 Å². The number of carbonyl (C=O) groups is 2. The topological polar surface area (TPSA) is 87.5 Å². The smallest absolute Gasteiger partial charge is 0.224 e. The van der Waals surface area contributed by atoms with Crippen LogP contribution in [0.2, 0.25) is 0 Å². The minimum absolute atomic E-state index is 0.00351. The molecule has 114 valence electrons. The molecule has 1 heterocycles. The van der Waals surface area contributed by atoms with Crippen LogP contribution in [-0.2, 0) is 9.59 Å². The van der Waals surface area contributed by atoms with Gasteiger partial charge in [0.05, 0.1) is 0 Å². The third-order valence-corrected chi connectivity index (χ3v) is 3.48. The summed E-state index contributed by atoms with van der Waals surface area (Å²) in [6.45, 7) is 3.15. The zero-order valence-corrected chi connectivity index (χ0v) is 12.1. The standard InChI is InChI=1S/C15H22N4O2/c16-12-3-5-13(6-4-12)18-15(21)2-1-9-19-10-7-14(20)17-8-11-19/h3-6H,1-2,7-11,16H2,(H,17,20)(H,18,21). The number of nitrogens with one attached hydrogen (secondary N) is 2. The molecule has 1 aromatic rings. The Balaban J connectivity index is 1.67. The average Bonchev–Trinajstić information content (AvgIpc) is 2.66. The molecule has 0 unspecified atom stereocenters. The van der Waals surface area contributed by atoms with Gasteiger partial charge in [0.1, 0.15) is 0 Å². The molecule has 0 radical (unpaired) electrons. The Morgan fingerprint density at radius 1 is 1.29 bits per heavy atom. The number of nitrogens with zero attached hydrogens (tertiary/aromatic N) is 1. The summed E-state index contributed by atoms with van der Waals surface area (Å²) in [6.07, 6.45) is 1.80. The van der Waals surface area contributed by atoms with Gasteiger partial charge in [-0.3, -0.25) is 9.59 Å². The molecule has 6 nitrogen and oxygen atoms in total. The second-order valence-electron chi connectivity index (χ2n) is 5.22. The summed E-state index contributed by atoms with van der Waals surface area (Å²) in [4.78, 5) is 25.3. The number of benzene rings is 1. The molecule has 1 fully saturated rings. The first kappa shape index (κ1) is 15.3. The van der Waals surface area contributed by atoms with Crippen molar-refractivity contribution in [3.05, 3.63) is 24.3 Å². The third-order valence-electron chi connectivity index (χ3n) is 3.48. The lowest BCUT2D eigenvalue weighted by Crippen LogP contribution is -2.29. The van der Waals surface area contributed by atoms with Crippen LogP contribution in [0, 0.1) is 0 Å². The van der Waals surface area contributed by atoms with Gasteiger partial charge in [-0.15, -0.1) is 0 Å². The second kappa shape index (κ2) is 7.64. The number of hydrogen-bond acceptors (Lipinski definition) is 4. The highest BCUT2D eigenvalue weighted by atomic mass is 16.2. The number of rotatable bonds is 5. The normalized spacial score (nSPS) is 16.1. The number of nitrogens with two attached hydrogens (primary N) is 1. The highest BCUT2D eigenvalue weighted by Crippen LogP contribution is 2.11. The van der Waals surface area contributed by atoms with Crippen LogP contribution in [0.5, 0.6) is 0 Å². The maximum atomic E-state index is 11.8. The van der Waals surface area contributed by atoms with E-state index in [9.17, 15) is 9.59 Å². The zero-order chi connectivity index (χ0) is 15.1. The summed E-state index contributed by atoms with van der Waals surface area (Å²) in [6, 6.07) is 7.10. The molecule has 2 rings (SSSR count). The van der Waals surface area contributed by atoms with E-state index in [0.717, 1.165) is 31.7 Å². The highest BCUT2D eigenvalue weighted by Gasteiger charge is 2.13. The van der Waals surface area contributed by atoms with Gasteiger partial charge in [-0.1, -0.05) is 0 Å². The molecule has 1 aliphatic rings. The summed E-state index contributed by atoms with van der Waals surface area (Å²) in [5.41, 5.74) is 7.04. The zero-order valence-electron chi connectivity index (χ0n) is 12.1. The second-order valence-corrected chi connectivity index (χ2v) is 5.22. The van der Waals surface area contributed by atoms with Gasteiger partial charge in [-0.05, 0) is 37.2 Å². The minimum atomic E-state index is 0.00351. The van der Waals surface area contributed by atoms with Crippen molar-refractivity contribution in [2.45, 2.75) is 19.3 Å². The number of nitrogen functional groups attached to an aromatic ring is 1. The van der Waals surface area contributed by atoms with E-state index in [1.165, 1.54) is 0 Å². The van der Waals surface area contributed by atoms with Crippen LogP contribution in [0.4, 0.5) is 11.4 Å². The fraction of sp³-hybridized carbons (Fsp3) is 0.467. The van der Waals surface area contributed by atoms with Crippen molar-refractivity contribution in [3.8, 4) is 0 Å². The lowest BCUT2D eigenvalue weighted by molar-refractivity contribution is -0.120. The molecule has 0 atom stereocenters. The van der Waals surface area contributed by atoms with Crippen LogP contribution in [0.25, 0.3) is 0 Å². The van der Waals surface area contributed by atoms with Crippen LogP contribution in [0.15, 0.2) is 24.3 Å². The third kappa shape index (κ3) is 5.43. The van der Waals surface area contributed by atoms with Crippen molar-refractivity contribution in [2.24, 2.45) is 0 Å². The summed E-state index contributed by atoms with van der Waals surface area (Å²) < 4.78 is 0. The number of anilines is 2. The molecule has 4 N–H and O–H groups in total. The van der Waals surface area contributed by atoms with E-state index < -0.39 is 0 Å². The molecular weight excluding hydrogens is 268 g/mol. The van der Waals surface area contributed by atoms with Crippen molar-refractivity contribution in [1.82, 2.24) is 10.2 Å². The van der Waals surface area contributed by atoms with E-state index >= 15 is 0 Å². The summed E-state index contributed by atoms with van der Waals surface area (Å²) in [7, 11) is 0. The van der Waals surface area contributed by atoms with Crippen molar-refractivity contribution in [2.75, 3.05) is 37.2 Å². The van der Waals surface area contributed by atoms with Gasteiger partial charge in [-0.2, -0.15) is 0 Å². The van der Waals surface area contributed by atoms with Gasteiger partial charge < -0.3 is 21.3 Å². The summed E-state index contributed by atoms with van der Waals surface area (Å²) in [5, 5.41) is 5.69. The first-order valence-electron chi connectivity index (χ1n) is 7.28. The quantitative estimate of drug-likeness (QED) is 0.700. The Kier molecular flexibility index (Phi) is 5.57. The minimum Gasteiger partial charge on any atom is -0.399 e. The number of hydrogen-bond donors (Lipinski definition) is 3. The van der Waals surface area contributed by atoms with Crippen molar-refractivity contribution >= 4 is 23.2 Å². The Bertz CT molecular complexity index is 487. The lowest BCUT2D eigenvalue weighted by atomic mass is 10.2. The Morgan fingerprint density at radius 2 is 2.05 bits per heavy atom. The van der Waals surface area contributed by atoms with Gasteiger partial charge in [0.25, 0.3) is 0 Å². The summed E-state index contributed by atoms with van der Waals surface area (Å²) >= 11 is 0. The Hall–Kier alpha value is -2.08. The molecule has 0 spiro atoms. The van der Waals surface area contributed by atoms with Gasteiger partial charge in [0.2, 0.25) is 11.8 Å². The van der Waals surface area contributed by atoms with Crippen molar-refractivity contribution < 1.29 is 9.59 Å². The van der Waals surface area contributed by atoms with E-state index in [1.54, 1.807) is 24.3 Å². The van der Waals surface area contributed by atoms with E-state index in [-0.39, 0.29) is 11.8 Å². The Labute approximate surface area is 124 Å². The maximum Gasteiger partial charge on any atom is 0.224 e. The maximum absolute atomic E-state index is 11.8. The van der Waals surface area contributed by atoms with E-state index in [0.29, 0.717) is 25.1 Å². The predicted molar refractivity (Wildman–Crippen MR) is 82.8 cm³/mol. The fourth-order valence-corrected chi connectivity index (χ4v) is 2.29. The molecule has 6 heteroatoms. The van der Waals surface area contributed by atoms with Crippen LogP contribution in [0.3, 0.4) is 0 Å². The molecule has 21 heavy (non-hydrogen) atoms. The van der Waals surface area contributed by atoms with Gasteiger partial charge in [0.15, 0.2) is 0 Å². The molecule has 0 bridgehead atoms. The average molecular weight is 290 g/mol. The fourth-order valence-electron chi connectivity index (χ4n) is 2.29. The van der Waals surface area contributed by atoms with Gasteiger partial charge >= 0.3 is 0 Å². The SMILES string of the molecule is Nc1ccc(NC(=O)CCCN2CCNC(=O)CC2)cc1. The first-order valence-corrected chi connectivity index (χ1v) is 7.28. The molecule has 1 aliphatic heterocycles. The largest absolute Gasteiger partial charge is 0.399 e. The van der Waals surface area contributed by atoms with Crippen molar-refractivity contribution in [1.29, 1.82) is 0 Å². The first-order chi connectivity index (χ1) is 10.1. The number of amides is 2. The Morgan fingerprint density at radius 3 is 2.81 bits per heavy atom. The number of carbonyl (C=O) groups excluding carboxylic acids is 2. The molecule has 1 aromatic carbocycles. The van der Waals surface area contributed by atoms with E-state index in [4.69, 9.17) is 5.73 Å². The molecular formula is C15H22N4O2. The lowest BCUT2D eigenvalue weighted by Gasteiger charge is -2.18. The van der Waals surface area contributed by atoms with Crippen LogP contribution in [0.1, 0.15) is 19.3 Å². The van der Waals surface area contributed by atoms with E-state index in [1.807, 2.05) is 0 Å². The van der Waals surface area contributed by atoms with Crippen LogP contribution < -0.4 is 16.4 Å². The highest BCUT2D eigenvalue weighted by molar-refractivity contribution is 5.90. The van der Waals surface area contributed by atoms with E-state index in [2.05, 4.69) is 15.5 Å². The molecule has 1 saturated heterocycles. The predicted octanol–water partition coefficient (Wildman–Crippen LogP) is 0.809. The van der Waals surface area contributed by atoms with Crippen LogP contribution >= 0.6 is 0 Å². The molecule has 2 amide bonds. The van der Waals surface area contributed by atoms with Crippen molar-refractivity contribution in [3.63, 3.8) is 0 Å². The van der Waals surface area contributed by atoms with Gasteiger partial charge in [0, 0.05) is 43.9 Å². The van der Waals surface area contributed by atoms with Gasteiger partial charge in [-0.25, -0.2) is 0 Å². The molecule has 0 aliphatic carbocycles. The molecule has 0 aromatic heterocycles. The molecule has 0 saturated carbocycles. The monoisotopic (exact) mass is 290 g/mol. The summed E-state index contributed by atoms with van der Waals surface area (Å²) in [5.74, 6) is 0.113.